The second-order valence-electron chi connectivity index (χ2n) is 13.7. The Labute approximate surface area is 296 Å². The summed E-state index contributed by atoms with van der Waals surface area (Å²) in [5.41, 5.74) is 5.46. The van der Waals surface area contributed by atoms with Gasteiger partial charge in [-0.05, 0) is 45.4 Å². The number of benzene rings is 5. The minimum Gasteiger partial charge on any atom is -0.462 e. The molecule has 0 bridgehead atoms. The Hall–Kier alpha value is -4.30. The molecule has 5 aromatic rings. The van der Waals surface area contributed by atoms with Crippen LogP contribution >= 0.6 is 0 Å². The van der Waals surface area contributed by atoms with Crippen molar-refractivity contribution < 1.29 is 28.4 Å². The van der Waals surface area contributed by atoms with Crippen LogP contribution in [0.25, 0.3) is 0 Å². The standard InChI is InChI=1S/C44H48O6/c1-44(2,3)37-24-26-38(27-25-37)49-43-42(48-31-36-22-14-7-15-23-36)41(47-30-35-20-12-6-13-21-35)40(46-29-34-18-10-5-11-19-34)39(50-43)32-45-28-33-16-8-4-9-17-33/h4-27,39-43H,28-32H2,1-3H3/t39?,40-,41?,42?,43-/m1/s1. The molecular weight excluding hydrogens is 624 g/mol. The van der Waals surface area contributed by atoms with E-state index in [0.717, 1.165) is 22.3 Å². The number of hydrogen-bond donors (Lipinski definition) is 0. The molecule has 6 heteroatoms. The van der Waals surface area contributed by atoms with Crippen molar-refractivity contribution in [3.8, 4) is 5.75 Å². The van der Waals surface area contributed by atoms with Crippen molar-refractivity contribution in [1.29, 1.82) is 0 Å². The Bertz CT molecular complexity index is 1670. The molecule has 1 heterocycles. The van der Waals surface area contributed by atoms with Crippen LogP contribution < -0.4 is 4.74 Å². The fraction of sp³-hybridized carbons (Fsp3) is 0.318. The average molecular weight is 673 g/mol. The van der Waals surface area contributed by atoms with Gasteiger partial charge in [0.2, 0.25) is 6.29 Å². The first-order chi connectivity index (χ1) is 24.4. The first kappa shape index (κ1) is 35.5. The van der Waals surface area contributed by atoms with Crippen molar-refractivity contribution >= 4 is 0 Å². The van der Waals surface area contributed by atoms with Gasteiger partial charge in [0.05, 0.1) is 33.0 Å². The van der Waals surface area contributed by atoms with Crippen LogP contribution in [0.3, 0.4) is 0 Å². The average Bonchev–Trinajstić information content (AvgIpc) is 3.14. The molecule has 5 aromatic carbocycles. The number of hydrogen-bond acceptors (Lipinski definition) is 6. The van der Waals surface area contributed by atoms with E-state index in [0.29, 0.717) is 32.2 Å². The van der Waals surface area contributed by atoms with E-state index in [1.54, 1.807) is 0 Å². The van der Waals surface area contributed by atoms with Crippen molar-refractivity contribution in [2.24, 2.45) is 0 Å². The molecule has 0 aromatic heterocycles. The van der Waals surface area contributed by atoms with Crippen molar-refractivity contribution in [3.05, 3.63) is 173 Å². The van der Waals surface area contributed by atoms with Crippen LogP contribution in [0.2, 0.25) is 0 Å². The summed E-state index contributed by atoms with van der Waals surface area (Å²) in [6, 6.07) is 48.8. The van der Waals surface area contributed by atoms with Gasteiger partial charge >= 0.3 is 0 Å². The van der Waals surface area contributed by atoms with Gasteiger partial charge in [0.25, 0.3) is 0 Å². The van der Waals surface area contributed by atoms with Gasteiger partial charge in [0, 0.05) is 0 Å². The SMILES string of the molecule is CC(C)(C)c1ccc(O[C@@H]2OC(COCc3ccccc3)[C@@H](OCc3ccccc3)C(OCc3ccccc3)C2OCc2ccccc2)cc1. The highest BCUT2D eigenvalue weighted by Crippen LogP contribution is 2.33. The van der Waals surface area contributed by atoms with Gasteiger partial charge in [-0.15, -0.1) is 0 Å². The molecule has 3 unspecified atom stereocenters. The Morgan fingerprint density at radius 1 is 0.480 bits per heavy atom. The second-order valence-corrected chi connectivity index (χ2v) is 13.7. The first-order valence-electron chi connectivity index (χ1n) is 17.4. The molecule has 5 atom stereocenters. The predicted octanol–water partition coefficient (Wildman–Crippen LogP) is 9.06. The van der Waals surface area contributed by atoms with Gasteiger partial charge in [0.1, 0.15) is 30.2 Å². The summed E-state index contributed by atoms with van der Waals surface area (Å²) in [5.74, 6) is 0.686. The van der Waals surface area contributed by atoms with E-state index < -0.39 is 30.7 Å². The van der Waals surface area contributed by atoms with E-state index >= 15 is 0 Å². The maximum atomic E-state index is 6.83. The molecule has 0 aliphatic carbocycles. The van der Waals surface area contributed by atoms with Gasteiger partial charge in [-0.3, -0.25) is 0 Å². The lowest BCUT2D eigenvalue weighted by atomic mass is 9.87. The Morgan fingerprint density at radius 2 is 0.900 bits per heavy atom. The zero-order valence-electron chi connectivity index (χ0n) is 29.2. The highest BCUT2D eigenvalue weighted by molar-refractivity contribution is 5.31. The molecule has 1 fully saturated rings. The zero-order chi connectivity index (χ0) is 34.6. The quantitative estimate of drug-likeness (QED) is 0.111. The molecule has 1 aliphatic heterocycles. The Kier molecular flexibility index (Phi) is 12.5. The van der Waals surface area contributed by atoms with Crippen LogP contribution in [0.15, 0.2) is 146 Å². The minimum atomic E-state index is -0.804. The molecule has 50 heavy (non-hydrogen) atoms. The smallest absolute Gasteiger partial charge is 0.229 e. The van der Waals surface area contributed by atoms with E-state index in [1.165, 1.54) is 5.56 Å². The largest absolute Gasteiger partial charge is 0.462 e. The van der Waals surface area contributed by atoms with E-state index in [2.05, 4.69) is 69.3 Å². The van der Waals surface area contributed by atoms with Crippen molar-refractivity contribution in [3.63, 3.8) is 0 Å². The van der Waals surface area contributed by atoms with Crippen LogP contribution in [0.1, 0.15) is 48.6 Å². The Morgan fingerprint density at radius 3 is 1.36 bits per heavy atom. The van der Waals surface area contributed by atoms with Crippen LogP contribution in [-0.2, 0) is 55.5 Å². The topological polar surface area (TPSA) is 55.4 Å². The summed E-state index contributed by atoms with van der Waals surface area (Å²) in [7, 11) is 0. The summed E-state index contributed by atoms with van der Waals surface area (Å²) in [5, 5.41) is 0. The molecule has 1 saturated heterocycles. The molecule has 1 aliphatic rings. The van der Waals surface area contributed by atoms with E-state index in [4.69, 9.17) is 28.4 Å². The fourth-order valence-electron chi connectivity index (χ4n) is 6.01. The molecule has 6 nitrogen and oxygen atoms in total. The minimum absolute atomic E-state index is 0.0159. The fourth-order valence-corrected chi connectivity index (χ4v) is 6.01. The number of rotatable bonds is 15. The van der Waals surface area contributed by atoms with Crippen LogP contribution in [0.5, 0.6) is 5.75 Å². The maximum absolute atomic E-state index is 6.83. The third kappa shape index (κ3) is 10.1. The van der Waals surface area contributed by atoms with E-state index in [1.807, 2.05) is 97.1 Å². The van der Waals surface area contributed by atoms with Crippen LogP contribution in [0, 0.1) is 0 Å². The lowest BCUT2D eigenvalue weighted by Crippen LogP contribution is -2.62. The van der Waals surface area contributed by atoms with Crippen molar-refractivity contribution in [2.75, 3.05) is 6.61 Å². The lowest BCUT2D eigenvalue weighted by Gasteiger charge is -2.45. The van der Waals surface area contributed by atoms with E-state index in [9.17, 15) is 0 Å². The predicted molar refractivity (Wildman–Crippen MR) is 196 cm³/mol. The number of ether oxygens (including phenoxy) is 6. The van der Waals surface area contributed by atoms with Crippen LogP contribution in [-0.4, -0.2) is 37.3 Å². The third-order valence-corrected chi connectivity index (χ3v) is 8.81. The highest BCUT2D eigenvalue weighted by atomic mass is 16.7. The summed E-state index contributed by atoms with van der Waals surface area (Å²) in [6.45, 7) is 8.40. The summed E-state index contributed by atoms with van der Waals surface area (Å²) in [6.07, 6.45) is -3.04. The summed E-state index contributed by atoms with van der Waals surface area (Å²) >= 11 is 0. The van der Waals surface area contributed by atoms with Crippen molar-refractivity contribution in [2.45, 2.75) is 83.3 Å². The summed E-state index contributed by atoms with van der Waals surface area (Å²) < 4.78 is 40.1. The second kappa shape index (κ2) is 17.6. The molecule has 260 valence electrons. The van der Waals surface area contributed by atoms with Gasteiger partial charge in [-0.1, -0.05) is 154 Å². The molecule has 0 spiro atoms. The molecule has 0 N–H and O–H groups in total. The maximum Gasteiger partial charge on any atom is 0.229 e. The molecule has 0 amide bonds. The zero-order valence-corrected chi connectivity index (χ0v) is 29.2. The van der Waals surface area contributed by atoms with Crippen LogP contribution in [0.4, 0.5) is 0 Å². The molecule has 6 rings (SSSR count). The van der Waals surface area contributed by atoms with Gasteiger partial charge in [-0.25, -0.2) is 0 Å². The van der Waals surface area contributed by atoms with Gasteiger partial charge in [-0.2, -0.15) is 0 Å². The molecule has 0 radical (unpaired) electrons. The van der Waals surface area contributed by atoms with Gasteiger partial charge in [0.15, 0.2) is 0 Å². The Balaban J connectivity index is 1.33. The first-order valence-corrected chi connectivity index (χ1v) is 17.4. The molecular formula is C44H48O6. The van der Waals surface area contributed by atoms with Gasteiger partial charge < -0.3 is 28.4 Å². The summed E-state index contributed by atoms with van der Waals surface area (Å²) in [4.78, 5) is 0. The highest BCUT2D eigenvalue weighted by Gasteiger charge is 2.49. The van der Waals surface area contributed by atoms with Crippen molar-refractivity contribution in [1.82, 2.24) is 0 Å². The third-order valence-electron chi connectivity index (χ3n) is 8.81. The van der Waals surface area contributed by atoms with E-state index in [-0.39, 0.29) is 12.0 Å². The lowest BCUT2D eigenvalue weighted by molar-refractivity contribution is -0.310. The monoisotopic (exact) mass is 672 g/mol. The molecule has 0 saturated carbocycles. The normalized spacial score (nSPS) is 20.7.